The van der Waals surface area contributed by atoms with Gasteiger partial charge in [-0.1, -0.05) is 10.8 Å². The van der Waals surface area contributed by atoms with Crippen molar-refractivity contribution in [2.45, 2.75) is 29.8 Å². The second-order valence-corrected chi connectivity index (χ2v) is 11.3. The zero-order valence-electron chi connectivity index (χ0n) is 19.9. The summed E-state index contributed by atoms with van der Waals surface area (Å²) in [5.74, 6) is -0.727. The molecule has 4 N–H and O–H groups in total. The number of methoxy groups -OCH3 is 1. The minimum absolute atomic E-state index is 0.0808. The predicted molar refractivity (Wildman–Crippen MR) is 133 cm³/mol. The summed E-state index contributed by atoms with van der Waals surface area (Å²) < 4.78 is 11.1. The molecule has 0 unspecified atom stereocenters. The molecule has 2 saturated heterocycles. The summed E-state index contributed by atoms with van der Waals surface area (Å²) in [5.41, 5.74) is 5.21. The molecule has 13 nitrogen and oxygen atoms in total. The van der Waals surface area contributed by atoms with E-state index in [1.807, 2.05) is 4.90 Å². The fourth-order valence-electron chi connectivity index (χ4n) is 5.35. The van der Waals surface area contributed by atoms with E-state index in [0.717, 1.165) is 0 Å². The highest BCUT2D eigenvalue weighted by Crippen LogP contribution is 2.55. The van der Waals surface area contributed by atoms with E-state index in [2.05, 4.69) is 15.6 Å². The number of ether oxygens (including phenoxy) is 2. The van der Waals surface area contributed by atoms with Crippen LogP contribution in [0.1, 0.15) is 6.92 Å². The van der Waals surface area contributed by atoms with Gasteiger partial charge in [-0.05, 0) is 23.8 Å². The van der Waals surface area contributed by atoms with Gasteiger partial charge in [0.15, 0.2) is 5.72 Å². The van der Waals surface area contributed by atoms with Crippen LogP contribution in [-0.4, -0.2) is 82.8 Å². The van der Waals surface area contributed by atoms with Crippen molar-refractivity contribution in [3.05, 3.63) is 51.0 Å². The van der Waals surface area contributed by atoms with Crippen LogP contribution < -0.4 is 16.4 Å². The van der Waals surface area contributed by atoms with Crippen LogP contribution >= 0.6 is 21.6 Å². The Morgan fingerprint density at radius 2 is 2.19 bits per heavy atom. The molecule has 0 spiro atoms. The van der Waals surface area contributed by atoms with Crippen LogP contribution in [0.25, 0.3) is 0 Å². The Hall–Kier alpha value is -3.14. The van der Waals surface area contributed by atoms with Crippen LogP contribution in [0.15, 0.2) is 45.9 Å². The maximum atomic E-state index is 13.7. The molecule has 1 aliphatic carbocycles. The summed E-state index contributed by atoms with van der Waals surface area (Å²) in [6.45, 7) is 2.31. The van der Waals surface area contributed by atoms with Gasteiger partial charge in [0.25, 0.3) is 5.69 Å². The number of nitrogens with two attached hydrogens (primary N) is 1. The zero-order valence-corrected chi connectivity index (χ0v) is 21.5. The van der Waals surface area contributed by atoms with E-state index in [4.69, 9.17) is 15.2 Å². The van der Waals surface area contributed by atoms with E-state index in [-0.39, 0.29) is 47.2 Å². The van der Waals surface area contributed by atoms with Crippen molar-refractivity contribution in [3.63, 3.8) is 0 Å². The van der Waals surface area contributed by atoms with Crippen LogP contribution in [0.5, 0.6) is 0 Å². The van der Waals surface area contributed by atoms with Gasteiger partial charge in [-0.2, -0.15) is 0 Å². The van der Waals surface area contributed by atoms with Gasteiger partial charge in [0.1, 0.15) is 17.8 Å². The number of amides is 1. The van der Waals surface area contributed by atoms with Gasteiger partial charge < -0.3 is 30.7 Å². The SMILES string of the molecule is CO[C@@]12[C@H](COC(N)=O)C3=C(C(=O)C(C)=C(NCCSSc4ccc([N+](=O)[O-])cn4)C3=O)N1C[C@@H]1N[C@@H]12. The molecule has 1 aromatic heterocycles. The first kappa shape index (κ1) is 25.5. The maximum absolute atomic E-state index is 13.7. The summed E-state index contributed by atoms with van der Waals surface area (Å²) in [4.78, 5) is 54.7. The molecule has 5 rings (SSSR count). The number of aromatic nitrogens is 1. The highest BCUT2D eigenvalue weighted by molar-refractivity contribution is 8.76. The van der Waals surface area contributed by atoms with E-state index in [0.29, 0.717) is 35.1 Å². The third-order valence-electron chi connectivity index (χ3n) is 6.99. The number of fused-ring (bicyclic) bond motifs is 4. The molecule has 0 radical (unpaired) electrons. The second kappa shape index (κ2) is 9.63. The lowest BCUT2D eigenvalue weighted by atomic mass is 9.82. The molecular formula is C22H24N6O7S2. The molecule has 2 fully saturated rings. The van der Waals surface area contributed by atoms with Crippen molar-refractivity contribution in [3.8, 4) is 0 Å². The maximum Gasteiger partial charge on any atom is 0.404 e. The molecule has 0 bridgehead atoms. The molecule has 0 saturated carbocycles. The lowest BCUT2D eigenvalue weighted by molar-refractivity contribution is -0.385. The van der Waals surface area contributed by atoms with Crippen molar-refractivity contribution in [1.29, 1.82) is 0 Å². The van der Waals surface area contributed by atoms with Gasteiger partial charge in [-0.25, -0.2) is 9.78 Å². The first-order chi connectivity index (χ1) is 17.7. The number of hydrogen-bond donors (Lipinski definition) is 3. The van der Waals surface area contributed by atoms with Gasteiger partial charge in [0.05, 0.1) is 28.3 Å². The van der Waals surface area contributed by atoms with E-state index in [1.165, 1.54) is 41.0 Å². The number of ketones is 2. The number of pyridine rings is 1. The third-order valence-corrected chi connectivity index (χ3v) is 9.26. The fourth-order valence-corrected chi connectivity index (χ4v) is 7.12. The third kappa shape index (κ3) is 4.15. The number of nitrogens with one attached hydrogen (secondary N) is 2. The summed E-state index contributed by atoms with van der Waals surface area (Å²) in [6.07, 6.45) is 0.228. The smallest absolute Gasteiger partial charge is 0.404 e. The number of nitrogens with zero attached hydrogens (tertiary/aromatic N) is 3. The van der Waals surface area contributed by atoms with Crippen LogP contribution in [0.3, 0.4) is 0 Å². The first-order valence-electron chi connectivity index (χ1n) is 11.4. The molecule has 37 heavy (non-hydrogen) atoms. The number of rotatable bonds is 10. The Balaban J connectivity index is 1.28. The second-order valence-electron chi connectivity index (χ2n) is 8.86. The summed E-state index contributed by atoms with van der Waals surface area (Å²) in [6, 6.07) is 2.97. The summed E-state index contributed by atoms with van der Waals surface area (Å²) in [7, 11) is 4.32. The summed E-state index contributed by atoms with van der Waals surface area (Å²) in [5, 5.41) is 17.8. The number of carbonyl (C=O) groups is 3. The van der Waals surface area contributed by atoms with Crippen molar-refractivity contribution in [2.75, 3.05) is 32.6 Å². The highest BCUT2D eigenvalue weighted by Gasteiger charge is 2.72. The lowest BCUT2D eigenvalue weighted by Gasteiger charge is -2.39. The summed E-state index contributed by atoms with van der Waals surface area (Å²) >= 11 is 0. The highest BCUT2D eigenvalue weighted by atomic mass is 33.1. The van der Waals surface area contributed by atoms with Crippen LogP contribution in [0.4, 0.5) is 10.5 Å². The zero-order chi connectivity index (χ0) is 26.5. The number of nitro groups is 1. The Kier molecular flexibility index (Phi) is 6.64. The van der Waals surface area contributed by atoms with Gasteiger partial charge in [-0.15, -0.1) is 0 Å². The predicted octanol–water partition coefficient (Wildman–Crippen LogP) is 0.723. The van der Waals surface area contributed by atoms with Gasteiger partial charge in [0, 0.05) is 49.2 Å². The van der Waals surface area contributed by atoms with E-state index < -0.39 is 22.7 Å². The molecule has 3 aliphatic heterocycles. The number of hydrogen-bond acceptors (Lipinski definition) is 13. The monoisotopic (exact) mass is 548 g/mol. The lowest BCUT2D eigenvalue weighted by Crippen LogP contribution is -2.55. The van der Waals surface area contributed by atoms with Crippen LogP contribution in [-0.2, 0) is 19.1 Å². The minimum atomic E-state index is -1.02. The molecule has 1 amide bonds. The average Bonchev–Trinajstić information content (AvgIpc) is 3.49. The number of piperazine rings is 1. The Morgan fingerprint density at radius 1 is 1.41 bits per heavy atom. The Bertz CT molecular complexity index is 1250. The van der Waals surface area contributed by atoms with Crippen molar-refractivity contribution >= 4 is 44.9 Å². The Morgan fingerprint density at radius 3 is 2.84 bits per heavy atom. The first-order valence-corrected chi connectivity index (χ1v) is 13.7. The molecule has 4 aliphatic rings. The topological polar surface area (TPSA) is 189 Å². The largest absolute Gasteiger partial charge is 0.449 e. The number of primary amides is 1. The molecule has 196 valence electrons. The number of allylic oxidation sites excluding steroid dienone is 2. The fraction of sp³-hybridized carbons (Fsp3) is 0.455. The van der Waals surface area contributed by atoms with Gasteiger partial charge in [0.2, 0.25) is 11.6 Å². The Labute approximate surface area is 219 Å². The quantitative estimate of drug-likeness (QED) is 0.0927. The van der Waals surface area contributed by atoms with Crippen molar-refractivity contribution in [1.82, 2.24) is 20.5 Å². The molecule has 1 aromatic rings. The van der Waals surface area contributed by atoms with Crippen LogP contribution in [0.2, 0.25) is 0 Å². The van der Waals surface area contributed by atoms with E-state index in [9.17, 15) is 24.5 Å². The molecule has 15 heteroatoms. The standard InChI is InChI=1S/C22H24N6O7S2/c1-10-16(24-5-6-36-37-14-4-3-11(7-25-14)28(32)33)19(30)15-12(9-35-21(23)31)22(34-2)20-13(26-20)8-27(22)17(15)18(10)29/h3-4,7,12-13,20,24,26H,5-6,8-9H2,1-2H3,(H2,23,31)/t12-,13+,20+,22-/m1/s1. The number of Topliss-reactive ketones (excluding diaryl/α,β-unsaturated/α-hetero) is 2. The van der Waals surface area contributed by atoms with Crippen molar-refractivity contribution in [2.24, 2.45) is 11.7 Å². The van der Waals surface area contributed by atoms with E-state index >= 15 is 0 Å². The molecule has 4 atom stereocenters. The average molecular weight is 549 g/mol. The van der Waals surface area contributed by atoms with Gasteiger partial charge >= 0.3 is 6.09 Å². The van der Waals surface area contributed by atoms with Crippen molar-refractivity contribution < 1.29 is 28.8 Å². The van der Waals surface area contributed by atoms with E-state index in [1.54, 1.807) is 13.0 Å². The molecule has 4 heterocycles. The minimum Gasteiger partial charge on any atom is -0.449 e. The normalized spacial score (nSPS) is 27.7. The van der Waals surface area contributed by atoms with Gasteiger partial charge in [-0.3, -0.25) is 19.7 Å². The molecule has 0 aromatic carbocycles. The molecular weight excluding hydrogens is 524 g/mol. The number of carbonyl (C=O) groups excluding carboxylic acids is 3. The van der Waals surface area contributed by atoms with Crippen LogP contribution in [0, 0.1) is 16.0 Å².